The lowest BCUT2D eigenvalue weighted by molar-refractivity contribution is -0.156. The Hall–Kier alpha value is -5.32. The van der Waals surface area contributed by atoms with Crippen LogP contribution in [0.25, 0.3) is 0 Å². The van der Waals surface area contributed by atoms with E-state index in [0.717, 1.165) is 74.2 Å². The molecule has 0 aromatic heterocycles. The number of hydrogen-bond donors (Lipinski definition) is 4. The molecule has 1 aliphatic heterocycles. The Kier molecular flexibility index (Phi) is 23.8. The number of nitrogens with one attached hydrogen (secondary N) is 3. The largest absolute Gasteiger partial charge is 0.497 e. The van der Waals surface area contributed by atoms with Crippen molar-refractivity contribution in [3.8, 4) is 11.5 Å². The summed E-state index contributed by atoms with van der Waals surface area (Å²) >= 11 is 0. The molecular formula is C56H80N4O14S2. The van der Waals surface area contributed by atoms with E-state index in [4.69, 9.17) is 33.4 Å². The standard InChI is InChI=1S/C28H40N2O7S.C15H21NO3.C13H19NO4S/c1-28(2,3)36-27(32)29-25(19-21-11-7-5-8-12-21)26(31)20-30(37-23-13-9-6-10-14-23)38(33,34)24-17-15-22(35-4)16-18-24;1-15(2,3)19-14(17)16-12(13-10-18-13)9-11-7-5-4-6-8-11;1-17-11-7-9-13(10-8-11)19(15,16)14-18-12-5-3-2-4-6-12/h5,7-8,11-12,15-18,23,25-26,31H,6,9-10,13-14,19-20H2,1-4H3,(H,29,32);4-8,12-13H,9-10H2,1-3H3,(H,16,17);7-10,12,14H,2-6H2,1H3/t25-,26+;12-,13?;/m00./s1. The molecule has 1 saturated heterocycles. The molecule has 3 fully saturated rings. The smallest absolute Gasteiger partial charge is 0.407 e. The molecule has 2 saturated carbocycles. The Labute approximate surface area is 450 Å². The van der Waals surface area contributed by atoms with Crippen LogP contribution in [0.3, 0.4) is 0 Å². The molecule has 4 N–H and O–H groups in total. The summed E-state index contributed by atoms with van der Waals surface area (Å²) in [6, 6.07) is 30.7. The van der Waals surface area contributed by atoms with Crippen LogP contribution in [0.2, 0.25) is 0 Å². The van der Waals surface area contributed by atoms with Crippen LogP contribution in [0.4, 0.5) is 9.59 Å². The number of rotatable bonds is 20. The average molecular weight is 1100 g/mol. The van der Waals surface area contributed by atoms with Gasteiger partial charge in [0.25, 0.3) is 20.0 Å². The number of nitrogens with zero attached hydrogens (tertiary/aromatic N) is 1. The first-order chi connectivity index (χ1) is 36.0. The lowest BCUT2D eigenvalue weighted by Gasteiger charge is -2.33. The lowest BCUT2D eigenvalue weighted by atomic mass is 9.98. The number of carbonyl (C=O) groups excluding carboxylic acids is 2. The van der Waals surface area contributed by atoms with Crippen molar-refractivity contribution in [2.75, 3.05) is 27.4 Å². The van der Waals surface area contributed by atoms with Crippen molar-refractivity contribution >= 4 is 32.2 Å². The second-order valence-electron chi connectivity index (χ2n) is 21.0. The maximum Gasteiger partial charge on any atom is 0.407 e. The summed E-state index contributed by atoms with van der Waals surface area (Å²) in [5.41, 5.74) is 0.829. The third kappa shape index (κ3) is 22.0. The maximum atomic E-state index is 13.7. The summed E-state index contributed by atoms with van der Waals surface area (Å²) in [6.45, 7) is 11.1. The highest BCUT2D eigenvalue weighted by atomic mass is 32.2. The number of aliphatic hydroxyl groups is 1. The number of hydroxylamine groups is 1. The Morgan fingerprint density at radius 3 is 1.54 bits per heavy atom. The van der Waals surface area contributed by atoms with Crippen molar-refractivity contribution in [2.24, 2.45) is 0 Å². The number of alkyl carbamates (subject to hydrolysis) is 2. The number of methoxy groups -OCH3 is 2. The fourth-order valence-corrected chi connectivity index (χ4v) is 10.5. The topological polar surface area (TPSA) is 230 Å². The molecule has 420 valence electrons. The molecule has 18 nitrogen and oxygen atoms in total. The highest BCUT2D eigenvalue weighted by Crippen LogP contribution is 2.27. The van der Waals surface area contributed by atoms with Crippen LogP contribution < -0.4 is 25.0 Å². The van der Waals surface area contributed by atoms with Gasteiger partial charge in [-0.05, 0) is 140 Å². The second-order valence-corrected chi connectivity index (χ2v) is 24.5. The Morgan fingerprint density at radius 1 is 0.632 bits per heavy atom. The minimum atomic E-state index is -4.13. The van der Waals surface area contributed by atoms with Crippen molar-refractivity contribution in [1.29, 1.82) is 0 Å². The molecule has 4 aromatic rings. The van der Waals surface area contributed by atoms with Gasteiger partial charge in [-0.1, -0.05) is 109 Å². The fourth-order valence-electron chi connectivity index (χ4n) is 8.30. The van der Waals surface area contributed by atoms with Crippen molar-refractivity contribution in [2.45, 2.75) is 176 Å². The fraction of sp³-hybridized carbons (Fsp3) is 0.536. The molecule has 1 heterocycles. The van der Waals surface area contributed by atoms with Crippen LogP contribution in [-0.4, -0.2) is 114 Å². The van der Waals surface area contributed by atoms with E-state index in [2.05, 4.69) is 15.5 Å². The van der Waals surface area contributed by atoms with Crippen LogP contribution in [-0.2, 0) is 56.8 Å². The zero-order valence-electron chi connectivity index (χ0n) is 45.3. The molecule has 2 amide bonds. The van der Waals surface area contributed by atoms with Gasteiger partial charge in [-0.15, -0.1) is 0 Å². The van der Waals surface area contributed by atoms with Crippen LogP contribution >= 0.6 is 0 Å². The number of sulfonamides is 2. The number of carbonyl (C=O) groups is 2. The minimum absolute atomic E-state index is 0.0122. The van der Waals surface area contributed by atoms with Gasteiger partial charge in [-0.25, -0.2) is 26.4 Å². The summed E-state index contributed by atoms with van der Waals surface area (Å²) in [5, 5.41) is 17.0. The third-order valence-electron chi connectivity index (χ3n) is 12.3. The Bertz CT molecular complexity index is 2560. The third-order valence-corrected chi connectivity index (χ3v) is 15.1. The van der Waals surface area contributed by atoms with Crippen molar-refractivity contribution in [3.05, 3.63) is 120 Å². The van der Waals surface area contributed by atoms with E-state index in [1.807, 2.05) is 81.4 Å². The highest BCUT2D eigenvalue weighted by molar-refractivity contribution is 7.89. The van der Waals surface area contributed by atoms with Gasteiger partial charge in [-0.3, -0.25) is 9.68 Å². The maximum absolute atomic E-state index is 13.7. The molecule has 1 unspecified atom stereocenters. The van der Waals surface area contributed by atoms with E-state index in [1.54, 1.807) is 45.0 Å². The first-order valence-electron chi connectivity index (χ1n) is 26.0. The van der Waals surface area contributed by atoms with Crippen molar-refractivity contribution < 1.29 is 64.9 Å². The van der Waals surface area contributed by atoms with E-state index >= 15 is 0 Å². The molecule has 0 radical (unpaired) electrons. The van der Waals surface area contributed by atoms with Gasteiger partial charge in [0.2, 0.25) is 0 Å². The molecule has 4 aromatic carbocycles. The molecule has 7 rings (SSSR count). The van der Waals surface area contributed by atoms with Gasteiger partial charge in [-0.2, -0.15) is 0 Å². The average Bonchev–Trinajstić information content (AvgIpc) is 4.24. The van der Waals surface area contributed by atoms with E-state index < -0.39 is 49.5 Å². The van der Waals surface area contributed by atoms with Crippen LogP contribution in [0, 0.1) is 0 Å². The van der Waals surface area contributed by atoms with Crippen molar-refractivity contribution in [1.82, 2.24) is 20.0 Å². The van der Waals surface area contributed by atoms with E-state index in [-0.39, 0.29) is 53.2 Å². The van der Waals surface area contributed by atoms with Gasteiger partial charge in [0.15, 0.2) is 0 Å². The molecule has 20 heteroatoms. The normalized spacial score (nSPS) is 17.5. The quantitative estimate of drug-likeness (QED) is 0.0478. The summed E-state index contributed by atoms with van der Waals surface area (Å²) in [5.74, 6) is 1.14. The summed E-state index contributed by atoms with van der Waals surface area (Å²) in [6.07, 6.45) is 8.08. The molecule has 4 atom stereocenters. The van der Waals surface area contributed by atoms with E-state index in [0.29, 0.717) is 18.1 Å². The highest BCUT2D eigenvalue weighted by Gasteiger charge is 2.36. The van der Waals surface area contributed by atoms with Crippen LogP contribution in [0.15, 0.2) is 119 Å². The molecule has 76 heavy (non-hydrogen) atoms. The summed E-state index contributed by atoms with van der Waals surface area (Å²) < 4.78 is 78.3. The zero-order valence-corrected chi connectivity index (χ0v) is 46.9. The molecular weight excluding hydrogens is 1020 g/mol. The van der Waals surface area contributed by atoms with Gasteiger partial charge in [0.05, 0.1) is 67.6 Å². The number of ether oxygens (including phenoxy) is 5. The van der Waals surface area contributed by atoms with Gasteiger partial charge >= 0.3 is 12.2 Å². The van der Waals surface area contributed by atoms with Crippen LogP contribution in [0.1, 0.15) is 117 Å². The summed E-state index contributed by atoms with van der Waals surface area (Å²) in [4.78, 5) is 38.2. The first kappa shape index (κ1) is 61.5. The Balaban J connectivity index is 0.000000234. The number of aliphatic hydroxyl groups excluding tert-OH is 1. The summed E-state index contributed by atoms with van der Waals surface area (Å²) in [7, 11) is -4.71. The van der Waals surface area contributed by atoms with Gasteiger partial charge < -0.3 is 39.4 Å². The van der Waals surface area contributed by atoms with Gasteiger partial charge in [0, 0.05) is 0 Å². The minimum Gasteiger partial charge on any atom is -0.497 e. The predicted octanol–water partition coefficient (Wildman–Crippen LogP) is 9.21. The molecule has 2 aliphatic carbocycles. The van der Waals surface area contributed by atoms with Crippen molar-refractivity contribution in [3.63, 3.8) is 0 Å². The number of amides is 2. The monoisotopic (exact) mass is 1100 g/mol. The second kappa shape index (κ2) is 29.4. The number of benzene rings is 4. The van der Waals surface area contributed by atoms with Gasteiger partial charge in [0.1, 0.15) is 28.8 Å². The Morgan fingerprint density at radius 2 is 1.08 bits per heavy atom. The SMILES string of the molecule is CC(C)(C)OC(=O)N[C@@H](Cc1ccccc1)C1CO1.COc1ccc(S(=O)(=O)N(C[C@@H](O)[C@H](Cc2ccccc2)NC(=O)OC(C)(C)C)OC2CCCCC2)cc1.COc1ccc(S(=O)(=O)NOC2CCCCC2)cc1. The zero-order chi connectivity index (χ0) is 55.4. The molecule has 3 aliphatic rings. The molecule has 0 spiro atoms. The lowest BCUT2D eigenvalue weighted by Crippen LogP contribution is -2.52. The number of epoxide rings is 1. The predicted molar refractivity (Wildman–Crippen MR) is 288 cm³/mol. The first-order valence-corrected chi connectivity index (χ1v) is 29.0. The van der Waals surface area contributed by atoms with Crippen LogP contribution in [0.5, 0.6) is 11.5 Å². The number of hydrogen-bond acceptors (Lipinski definition) is 14. The molecule has 0 bridgehead atoms. The van der Waals surface area contributed by atoms with E-state index in [9.17, 15) is 31.5 Å². The van der Waals surface area contributed by atoms with E-state index in [1.165, 1.54) is 50.5 Å².